The van der Waals surface area contributed by atoms with E-state index in [4.69, 9.17) is 5.73 Å². The molecular weight excluding hydrogens is 314 g/mol. The topological polar surface area (TPSA) is 89.3 Å². The number of sulfone groups is 1. The van der Waals surface area contributed by atoms with Crippen molar-refractivity contribution in [3.8, 4) is 0 Å². The molecule has 0 aromatic rings. The number of hydrogen-bond acceptors (Lipinski definition) is 4. The lowest BCUT2D eigenvalue weighted by Crippen LogP contribution is -2.50. The Bertz CT molecular complexity index is 474. The lowest BCUT2D eigenvalue weighted by molar-refractivity contribution is -0.123. The second-order valence-electron chi connectivity index (χ2n) is 6.29. The molecule has 1 unspecified atom stereocenters. The van der Waals surface area contributed by atoms with E-state index < -0.39 is 51.2 Å². The van der Waals surface area contributed by atoms with Crippen LogP contribution in [0, 0.1) is 5.92 Å². The standard InChI is InChI=1S/C14H26F2N2O3S/c1-10(2)12(13(19)18-9-14(15,16)8-17)22(20,21)11-6-4-3-5-7-11/h10-12H,3-9,17H2,1-2H3,(H,18,19). The summed E-state index contributed by atoms with van der Waals surface area (Å²) in [5.74, 6) is -4.56. The molecule has 0 saturated heterocycles. The number of carbonyl (C=O) groups excluding carboxylic acids is 1. The average Bonchev–Trinajstić information content (AvgIpc) is 2.45. The SMILES string of the molecule is CC(C)C(C(=O)NCC(F)(F)CN)S(=O)(=O)C1CCCCC1. The molecule has 0 radical (unpaired) electrons. The van der Waals surface area contributed by atoms with E-state index in [9.17, 15) is 22.0 Å². The van der Waals surface area contributed by atoms with Crippen LogP contribution < -0.4 is 11.1 Å². The third-order valence-corrected chi connectivity index (χ3v) is 6.92. The number of nitrogens with two attached hydrogens (primary N) is 1. The molecule has 1 amide bonds. The van der Waals surface area contributed by atoms with Gasteiger partial charge in [-0.25, -0.2) is 17.2 Å². The van der Waals surface area contributed by atoms with E-state index in [0.717, 1.165) is 19.3 Å². The summed E-state index contributed by atoms with van der Waals surface area (Å²) < 4.78 is 51.7. The fraction of sp³-hybridized carbons (Fsp3) is 0.929. The molecule has 1 fully saturated rings. The first kappa shape index (κ1) is 19.3. The normalized spacial score (nSPS) is 19.2. The highest BCUT2D eigenvalue weighted by molar-refractivity contribution is 7.93. The molecule has 1 saturated carbocycles. The van der Waals surface area contributed by atoms with Crippen molar-refractivity contribution in [2.75, 3.05) is 13.1 Å². The van der Waals surface area contributed by atoms with Gasteiger partial charge in [0.1, 0.15) is 5.25 Å². The highest BCUT2D eigenvalue weighted by Gasteiger charge is 2.41. The van der Waals surface area contributed by atoms with Crippen LogP contribution in [-0.2, 0) is 14.6 Å². The van der Waals surface area contributed by atoms with Gasteiger partial charge in [-0.15, -0.1) is 0 Å². The Balaban J connectivity index is 2.85. The van der Waals surface area contributed by atoms with Gasteiger partial charge in [0, 0.05) is 0 Å². The molecule has 1 aliphatic carbocycles. The van der Waals surface area contributed by atoms with Crippen molar-refractivity contribution in [2.24, 2.45) is 11.7 Å². The largest absolute Gasteiger partial charge is 0.349 e. The van der Waals surface area contributed by atoms with Gasteiger partial charge in [0.25, 0.3) is 5.92 Å². The Morgan fingerprint density at radius 3 is 2.27 bits per heavy atom. The predicted octanol–water partition coefficient (Wildman–Crippen LogP) is 1.47. The van der Waals surface area contributed by atoms with Crippen LogP contribution in [0.25, 0.3) is 0 Å². The monoisotopic (exact) mass is 340 g/mol. The molecule has 8 heteroatoms. The van der Waals surface area contributed by atoms with Crippen LogP contribution in [0.4, 0.5) is 8.78 Å². The van der Waals surface area contributed by atoms with E-state index in [1.165, 1.54) is 0 Å². The zero-order valence-electron chi connectivity index (χ0n) is 13.1. The van der Waals surface area contributed by atoms with E-state index in [2.05, 4.69) is 5.32 Å². The molecule has 5 nitrogen and oxygen atoms in total. The molecule has 1 aliphatic rings. The van der Waals surface area contributed by atoms with E-state index in [0.29, 0.717) is 12.8 Å². The molecular formula is C14H26F2N2O3S. The fourth-order valence-corrected chi connectivity index (χ4v) is 5.37. The van der Waals surface area contributed by atoms with E-state index in [1.807, 2.05) is 0 Å². The lowest BCUT2D eigenvalue weighted by atomic mass is 10.0. The molecule has 0 aromatic carbocycles. The van der Waals surface area contributed by atoms with E-state index in [1.54, 1.807) is 13.8 Å². The Morgan fingerprint density at radius 2 is 1.82 bits per heavy atom. The van der Waals surface area contributed by atoms with Crippen molar-refractivity contribution in [1.82, 2.24) is 5.32 Å². The van der Waals surface area contributed by atoms with Crippen LogP contribution in [-0.4, -0.2) is 43.8 Å². The zero-order chi connectivity index (χ0) is 17.0. The quantitative estimate of drug-likeness (QED) is 0.734. The van der Waals surface area contributed by atoms with Crippen molar-refractivity contribution in [3.63, 3.8) is 0 Å². The molecule has 0 heterocycles. The second-order valence-corrected chi connectivity index (χ2v) is 8.64. The summed E-state index contributed by atoms with van der Waals surface area (Å²) in [5.41, 5.74) is 4.91. The van der Waals surface area contributed by atoms with Crippen molar-refractivity contribution in [2.45, 2.75) is 62.4 Å². The van der Waals surface area contributed by atoms with E-state index >= 15 is 0 Å². The maximum atomic E-state index is 13.1. The Labute approximate surface area is 130 Å². The molecule has 3 N–H and O–H groups in total. The number of nitrogens with one attached hydrogen (secondary N) is 1. The van der Waals surface area contributed by atoms with Crippen LogP contribution in [0.15, 0.2) is 0 Å². The van der Waals surface area contributed by atoms with Gasteiger partial charge in [-0.05, 0) is 18.8 Å². The average molecular weight is 340 g/mol. The van der Waals surface area contributed by atoms with Gasteiger partial charge in [-0.2, -0.15) is 0 Å². The van der Waals surface area contributed by atoms with Crippen molar-refractivity contribution in [1.29, 1.82) is 0 Å². The predicted molar refractivity (Wildman–Crippen MR) is 81.4 cm³/mol. The fourth-order valence-electron chi connectivity index (χ4n) is 2.82. The molecule has 0 spiro atoms. The highest BCUT2D eigenvalue weighted by atomic mass is 32.2. The molecule has 0 aliphatic heterocycles. The number of carbonyl (C=O) groups is 1. The van der Waals surface area contributed by atoms with Gasteiger partial charge in [-0.1, -0.05) is 33.1 Å². The van der Waals surface area contributed by atoms with Crippen LogP contribution in [0.2, 0.25) is 0 Å². The Morgan fingerprint density at radius 1 is 1.27 bits per heavy atom. The highest BCUT2D eigenvalue weighted by Crippen LogP contribution is 2.29. The maximum Gasteiger partial charge on any atom is 0.277 e. The van der Waals surface area contributed by atoms with Gasteiger partial charge in [0.15, 0.2) is 9.84 Å². The Hall–Kier alpha value is -0.760. The first-order chi connectivity index (χ1) is 10.1. The van der Waals surface area contributed by atoms with Crippen LogP contribution >= 0.6 is 0 Å². The molecule has 1 atom stereocenters. The van der Waals surface area contributed by atoms with Crippen LogP contribution in [0.1, 0.15) is 46.0 Å². The van der Waals surface area contributed by atoms with Crippen molar-refractivity contribution in [3.05, 3.63) is 0 Å². The summed E-state index contributed by atoms with van der Waals surface area (Å²) in [6.07, 6.45) is 3.71. The van der Waals surface area contributed by atoms with Gasteiger partial charge < -0.3 is 11.1 Å². The number of rotatable bonds is 7. The first-order valence-corrected chi connectivity index (χ1v) is 9.31. The molecule has 1 rings (SSSR count). The second kappa shape index (κ2) is 7.68. The van der Waals surface area contributed by atoms with Gasteiger partial charge in [0.05, 0.1) is 18.3 Å². The molecule has 130 valence electrons. The summed E-state index contributed by atoms with van der Waals surface area (Å²) in [4.78, 5) is 12.2. The van der Waals surface area contributed by atoms with Crippen molar-refractivity contribution >= 4 is 15.7 Å². The molecule has 0 bridgehead atoms. The number of amides is 1. The van der Waals surface area contributed by atoms with E-state index in [-0.39, 0.29) is 0 Å². The van der Waals surface area contributed by atoms with Crippen LogP contribution in [0.3, 0.4) is 0 Å². The summed E-state index contributed by atoms with van der Waals surface area (Å²) in [6.45, 7) is 1.40. The molecule has 0 aromatic heterocycles. The maximum absolute atomic E-state index is 13.1. The minimum Gasteiger partial charge on any atom is -0.349 e. The number of hydrogen-bond donors (Lipinski definition) is 2. The zero-order valence-corrected chi connectivity index (χ0v) is 14.0. The number of alkyl halides is 2. The van der Waals surface area contributed by atoms with Gasteiger partial charge in [-0.3, -0.25) is 4.79 Å². The van der Waals surface area contributed by atoms with Gasteiger partial charge in [0.2, 0.25) is 5.91 Å². The molecule has 22 heavy (non-hydrogen) atoms. The summed E-state index contributed by atoms with van der Waals surface area (Å²) in [7, 11) is -3.69. The van der Waals surface area contributed by atoms with Gasteiger partial charge >= 0.3 is 0 Å². The minimum atomic E-state index is -3.69. The third kappa shape index (κ3) is 4.87. The van der Waals surface area contributed by atoms with Crippen molar-refractivity contribution < 1.29 is 22.0 Å². The summed E-state index contributed by atoms with van der Waals surface area (Å²) in [6, 6.07) is 0. The Kier molecular flexibility index (Phi) is 6.73. The summed E-state index contributed by atoms with van der Waals surface area (Å²) >= 11 is 0. The lowest BCUT2D eigenvalue weighted by Gasteiger charge is -2.29. The summed E-state index contributed by atoms with van der Waals surface area (Å²) in [5, 5.41) is 0.218. The number of halogens is 2. The third-order valence-electron chi connectivity index (χ3n) is 4.05. The smallest absolute Gasteiger partial charge is 0.277 e. The minimum absolute atomic E-state index is 0.474. The van der Waals surface area contributed by atoms with Crippen LogP contribution in [0.5, 0.6) is 0 Å². The first-order valence-electron chi connectivity index (χ1n) is 7.70.